The molecule has 2 N–H and O–H groups in total. The van der Waals surface area contributed by atoms with Gasteiger partial charge in [0.15, 0.2) is 0 Å². The fourth-order valence-electron chi connectivity index (χ4n) is 1.67. The lowest BCUT2D eigenvalue weighted by molar-refractivity contribution is -0.140. The van der Waals surface area contributed by atoms with Gasteiger partial charge in [0.2, 0.25) is 5.95 Å². The average Bonchev–Trinajstić information content (AvgIpc) is 2.69. The molecule has 0 radical (unpaired) electrons. The fourth-order valence-corrected chi connectivity index (χ4v) is 1.67. The van der Waals surface area contributed by atoms with Gasteiger partial charge in [0.05, 0.1) is 24.6 Å². The number of ether oxygens (including phenoxy) is 1. The van der Waals surface area contributed by atoms with Crippen molar-refractivity contribution >= 4 is 23.0 Å². The van der Waals surface area contributed by atoms with Crippen LogP contribution in [-0.2, 0) is 9.53 Å². The highest BCUT2D eigenvalue weighted by molar-refractivity contribution is 5.77. The first-order valence-electron chi connectivity index (χ1n) is 5.57. The van der Waals surface area contributed by atoms with E-state index in [4.69, 9.17) is 0 Å². The molecule has 0 aliphatic carbocycles. The number of aromatic amines is 1. The second kappa shape index (κ2) is 5.03. The third-order valence-corrected chi connectivity index (χ3v) is 2.53. The number of carbonyl (C=O) groups excluding carboxylic acids is 1. The molecule has 0 aliphatic heterocycles. The van der Waals surface area contributed by atoms with Crippen molar-refractivity contribution in [3.8, 4) is 0 Å². The van der Waals surface area contributed by atoms with Gasteiger partial charge in [-0.25, -0.2) is 9.37 Å². The van der Waals surface area contributed by atoms with E-state index in [0.717, 1.165) is 0 Å². The lowest BCUT2D eigenvalue weighted by atomic mass is 10.2. The summed E-state index contributed by atoms with van der Waals surface area (Å²) in [6.45, 7) is 1.84. The Balaban J connectivity index is 2.09. The number of nitrogens with one attached hydrogen (secondary N) is 2. The van der Waals surface area contributed by atoms with E-state index in [0.29, 0.717) is 17.0 Å². The summed E-state index contributed by atoms with van der Waals surface area (Å²) in [6, 6.07) is 4.20. The normalized spacial score (nSPS) is 12.4. The van der Waals surface area contributed by atoms with Crippen molar-refractivity contribution in [3.63, 3.8) is 0 Å². The van der Waals surface area contributed by atoms with Crippen molar-refractivity contribution < 1.29 is 13.9 Å². The molecule has 0 saturated carbocycles. The topological polar surface area (TPSA) is 67.0 Å². The van der Waals surface area contributed by atoms with Crippen molar-refractivity contribution in [2.24, 2.45) is 0 Å². The van der Waals surface area contributed by atoms with Crippen molar-refractivity contribution in [1.82, 2.24) is 9.97 Å². The van der Waals surface area contributed by atoms with E-state index < -0.39 is 0 Å². The van der Waals surface area contributed by atoms with E-state index in [2.05, 4.69) is 20.0 Å². The van der Waals surface area contributed by atoms with E-state index >= 15 is 0 Å². The van der Waals surface area contributed by atoms with Gasteiger partial charge in [0, 0.05) is 6.04 Å². The van der Waals surface area contributed by atoms with Crippen LogP contribution in [0.3, 0.4) is 0 Å². The Bertz CT molecular complexity index is 567. The van der Waals surface area contributed by atoms with Crippen molar-refractivity contribution in [3.05, 3.63) is 24.0 Å². The van der Waals surface area contributed by atoms with Crippen LogP contribution >= 0.6 is 0 Å². The molecule has 96 valence electrons. The number of rotatable bonds is 4. The van der Waals surface area contributed by atoms with Crippen molar-refractivity contribution in [1.29, 1.82) is 0 Å². The van der Waals surface area contributed by atoms with Crippen LogP contribution in [0.1, 0.15) is 13.3 Å². The summed E-state index contributed by atoms with van der Waals surface area (Å²) in [6.07, 6.45) is 0.238. The summed E-state index contributed by atoms with van der Waals surface area (Å²) < 4.78 is 17.6. The quantitative estimate of drug-likeness (QED) is 0.816. The zero-order chi connectivity index (χ0) is 13.1. The highest BCUT2D eigenvalue weighted by Crippen LogP contribution is 2.16. The number of benzene rings is 1. The Labute approximate surface area is 103 Å². The molecule has 18 heavy (non-hydrogen) atoms. The van der Waals surface area contributed by atoms with E-state index in [1.54, 1.807) is 6.07 Å². The first-order chi connectivity index (χ1) is 8.58. The molecule has 0 fully saturated rings. The molecule has 1 aromatic heterocycles. The van der Waals surface area contributed by atoms with E-state index in [9.17, 15) is 9.18 Å². The van der Waals surface area contributed by atoms with E-state index in [1.807, 2.05) is 6.92 Å². The number of anilines is 1. The van der Waals surface area contributed by atoms with Gasteiger partial charge in [-0.15, -0.1) is 0 Å². The van der Waals surface area contributed by atoms with Gasteiger partial charge >= 0.3 is 5.97 Å². The first-order valence-corrected chi connectivity index (χ1v) is 5.57. The molecule has 0 aliphatic rings. The molecule has 0 bridgehead atoms. The van der Waals surface area contributed by atoms with Crippen LogP contribution in [-0.4, -0.2) is 29.1 Å². The van der Waals surface area contributed by atoms with Crippen LogP contribution in [0.25, 0.3) is 11.0 Å². The van der Waals surface area contributed by atoms with Crippen LogP contribution in [0, 0.1) is 5.82 Å². The zero-order valence-electron chi connectivity index (χ0n) is 10.2. The number of hydrogen-bond donors (Lipinski definition) is 2. The predicted molar refractivity (Wildman–Crippen MR) is 65.8 cm³/mol. The maximum atomic E-state index is 13.0. The monoisotopic (exact) mass is 251 g/mol. The number of nitrogens with zero attached hydrogens (tertiary/aromatic N) is 1. The van der Waals surface area contributed by atoms with Gasteiger partial charge in [-0.05, 0) is 25.1 Å². The molecule has 5 nitrogen and oxygen atoms in total. The van der Waals surface area contributed by atoms with Crippen LogP contribution < -0.4 is 5.32 Å². The Morgan fingerprint density at radius 2 is 2.39 bits per heavy atom. The molecule has 2 rings (SSSR count). The number of esters is 1. The van der Waals surface area contributed by atoms with Crippen molar-refractivity contribution in [2.75, 3.05) is 12.4 Å². The highest BCUT2D eigenvalue weighted by atomic mass is 19.1. The first kappa shape index (κ1) is 12.3. The Hall–Kier alpha value is -2.11. The van der Waals surface area contributed by atoms with Crippen molar-refractivity contribution in [2.45, 2.75) is 19.4 Å². The lowest BCUT2D eigenvalue weighted by Gasteiger charge is -2.10. The van der Waals surface area contributed by atoms with Gasteiger partial charge in [-0.1, -0.05) is 0 Å². The number of methoxy groups -OCH3 is 1. The molecule has 1 heterocycles. The summed E-state index contributed by atoms with van der Waals surface area (Å²) in [5, 5.41) is 3.03. The molecule has 1 unspecified atom stereocenters. The predicted octanol–water partition coefficient (Wildman–Crippen LogP) is 2.07. The highest BCUT2D eigenvalue weighted by Gasteiger charge is 2.11. The summed E-state index contributed by atoms with van der Waals surface area (Å²) in [5.41, 5.74) is 1.28. The number of halogens is 1. The van der Waals surface area contributed by atoms with Gasteiger partial charge in [-0.2, -0.15) is 0 Å². The third-order valence-electron chi connectivity index (χ3n) is 2.53. The number of H-pyrrole nitrogens is 1. The van der Waals surface area contributed by atoms with Gasteiger partial charge in [0.1, 0.15) is 5.82 Å². The van der Waals surface area contributed by atoms with E-state index in [-0.39, 0.29) is 24.2 Å². The van der Waals surface area contributed by atoms with E-state index in [1.165, 1.54) is 19.2 Å². The number of hydrogen-bond acceptors (Lipinski definition) is 4. The van der Waals surface area contributed by atoms with Gasteiger partial charge in [0.25, 0.3) is 0 Å². The Morgan fingerprint density at radius 1 is 1.61 bits per heavy atom. The largest absolute Gasteiger partial charge is 0.469 e. The smallest absolute Gasteiger partial charge is 0.307 e. The molecule has 6 heteroatoms. The number of carbonyl (C=O) groups is 1. The summed E-state index contributed by atoms with van der Waals surface area (Å²) >= 11 is 0. The summed E-state index contributed by atoms with van der Waals surface area (Å²) in [7, 11) is 1.35. The average molecular weight is 251 g/mol. The molecular weight excluding hydrogens is 237 g/mol. The second-order valence-electron chi connectivity index (χ2n) is 4.07. The van der Waals surface area contributed by atoms with Crippen LogP contribution in [0.15, 0.2) is 18.2 Å². The third kappa shape index (κ3) is 2.77. The summed E-state index contributed by atoms with van der Waals surface area (Å²) in [4.78, 5) is 18.3. The molecule has 0 saturated heterocycles. The minimum atomic E-state index is -0.319. The maximum Gasteiger partial charge on any atom is 0.307 e. The van der Waals surface area contributed by atoms with Crippen LogP contribution in [0.2, 0.25) is 0 Å². The molecule has 0 amide bonds. The SMILES string of the molecule is COC(=O)CC(C)Nc1nc2ccc(F)cc2[nH]1. The zero-order valence-corrected chi connectivity index (χ0v) is 10.2. The Morgan fingerprint density at radius 3 is 3.11 bits per heavy atom. The number of imidazole rings is 1. The lowest BCUT2D eigenvalue weighted by Crippen LogP contribution is -2.20. The molecule has 0 spiro atoms. The van der Waals surface area contributed by atoms with Gasteiger partial charge < -0.3 is 15.0 Å². The number of aromatic nitrogens is 2. The molecule has 1 atom stereocenters. The second-order valence-corrected chi connectivity index (χ2v) is 4.07. The molecular formula is C12H14FN3O2. The fraction of sp³-hybridized carbons (Fsp3) is 0.333. The number of fused-ring (bicyclic) bond motifs is 1. The van der Waals surface area contributed by atoms with Gasteiger partial charge in [-0.3, -0.25) is 4.79 Å². The van der Waals surface area contributed by atoms with Crippen LogP contribution in [0.5, 0.6) is 0 Å². The minimum Gasteiger partial charge on any atom is -0.469 e. The maximum absolute atomic E-state index is 13.0. The Kier molecular flexibility index (Phi) is 3.45. The molecule has 2 aromatic rings. The standard InChI is InChI=1S/C12H14FN3O2/c1-7(5-11(17)18-2)14-12-15-9-4-3-8(13)6-10(9)16-12/h3-4,6-7H,5H2,1-2H3,(H2,14,15,16). The minimum absolute atomic E-state index is 0.122. The molecule has 1 aromatic carbocycles. The summed E-state index contributed by atoms with van der Waals surface area (Å²) in [5.74, 6) is -0.107. The van der Waals surface area contributed by atoms with Crippen LogP contribution in [0.4, 0.5) is 10.3 Å².